The third kappa shape index (κ3) is 3.99. The first-order valence-electron chi connectivity index (χ1n) is 10.7. The molecular formula is C25H23FN4O2. The van der Waals surface area contributed by atoms with E-state index in [1.54, 1.807) is 18.2 Å². The van der Waals surface area contributed by atoms with Gasteiger partial charge in [-0.1, -0.05) is 35.5 Å². The number of carbonyl (C=O) groups excluding carboxylic acids is 1. The van der Waals surface area contributed by atoms with Gasteiger partial charge in [0.05, 0.1) is 16.6 Å². The number of hydrogen-bond donors (Lipinski definition) is 1. The topological polar surface area (TPSA) is 71.3 Å². The Morgan fingerprint density at radius 2 is 1.78 bits per heavy atom. The molecule has 5 rings (SSSR count). The number of nitrogens with zero attached hydrogens (tertiary/aromatic N) is 3. The molecule has 3 heterocycles. The lowest BCUT2D eigenvalue weighted by atomic mass is 10.0. The molecule has 1 saturated heterocycles. The second kappa shape index (κ2) is 8.51. The van der Waals surface area contributed by atoms with Gasteiger partial charge in [0.25, 0.3) is 11.6 Å². The van der Waals surface area contributed by atoms with Gasteiger partial charge >= 0.3 is 0 Å². The lowest BCUT2D eigenvalue weighted by Gasteiger charge is -2.29. The number of amides is 1. The van der Waals surface area contributed by atoms with E-state index in [-0.39, 0.29) is 23.5 Å². The molecule has 1 aliphatic heterocycles. The molecule has 0 aliphatic carbocycles. The highest BCUT2D eigenvalue weighted by molar-refractivity contribution is 6.10. The number of rotatable bonds is 4. The van der Waals surface area contributed by atoms with E-state index in [9.17, 15) is 9.18 Å². The average Bonchev–Trinajstić information content (AvgIpc) is 3.25. The normalized spacial score (nSPS) is 15.2. The van der Waals surface area contributed by atoms with Crippen LogP contribution < -0.4 is 5.32 Å². The van der Waals surface area contributed by atoms with Crippen molar-refractivity contribution in [3.05, 3.63) is 72.0 Å². The molecule has 6 nitrogen and oxygen atoms in total. The van der Waals surface area contributed by atoms with Gasteiger partial charge in [-0.05, 0) is 63.3 Å². The van der Waals surface area contributed by atoms with Gasteiger partial charge in [-0.15, -0.1) is 0 Å². The van der Waals surface area contributed by atoms with Crippen molar-refractivity contribution in [3.8, 4) is 22.5 Å². The molecule has 32 heavy (non-hydrogen) atoms. The number of pyridine rings is 1. The summed E-state index contributed by atoms with van der Waals surface area (Å²) in [4.78, 5) is 20.3. The van der Waals surface area contributed by atoms with Gasteiger partial charge in [-0.3, -0.25) is 4.79 Å². The van der Waals surface area contributed by atoms with E-state index < -0.39 is 0 Å². The van der Waals surface area contributed by atoms with E-state index in [4.69, 9.17) is 4.52 Å². The Hall–Kier alpha value is -3.58. The first-order chi connectivity index (χ1) is 15.6. The van der Waals surface area contributed by atoms with Crippen LogP contribution in [0.4, 0.5) is 4.39 Å². The summed E-state index contributed by atoms with van der Waals surface area (Å²) >= 11 is 0. The Labute approximate surface area is 185 Å². The van der Waals surface area contributed by atoms with Crippen molar-refractivity contribution in [1.82, 2.24) is 20.4 Å². The molecule has 0 saturated carbocycles. The maximum atomic E-state index is 13.5. The summed E-state index contributed by atoms with van der Waals surface area (Å²) in [6.07, 6.45) is 1.80. The van der Waals surface area contributed by atoms with Crippen molar-refractivity contribution >= 4 is 17.0 Å². The Morgan fingerprint density at radius 1 is 1.06 bits per heavy atom. The summed E-state index contributed by atoms with van der Waals surface area (Å²) < 4.78 is 19.0. The highest BCUT2D eigenvalue weighted by Gasteiger charge is 2.25. The van der Waals surface area contributed by atoms with Crippen LogP contribution in [0.1, 0.15) is 23.2 Å². The number of benzene rings is 2. The van der Waals surface area contributed by atoms with Crippen LogP contribution in [-0.2, 0) is 0 Å². The quantitative estimate of drug-likeness (QED) is 0.515. The molecule has 1 fully saturated rings. The summed E-state index contributed by atoms with van der Waals surface area (Å²) in [5, 5.41) is 7.89. The van der Waals surface area contributed by atoms with Crippen molar-refractivity contribution in [2.24, 2.45) is 0 Å². The summed E-state index contributed by atoms with van der Waals surface area (Å²) in [6, 6.07) is 17.5. The number of carbonyl (C=O) groups is 1. The van der Waals surface area contributed by atoms with Crippen molar-refractivity contribution < 1.29 is 13.7 Å². The number of hydrogen-bond acceptors (Lipinski definition) is 5. The minimum Gasteiger partial charge on any atom is -0.349 e. The van der Waals surface area contributed by atoms with Crippen LogP contribution in [0.3, 0.4) is 0 Å². The maximum Gasteiger partial charge on any atom is 0.259 e. The van der Waals surface area contributed by atoms with Crippen LogP contribution in [0.2, 0.25) is 0 Å². The van der Waals surface area contributed by atoms with E-state index in [2.05, 4.69) is 27.4 Å². The Morgan fingerprint density at radius 3 is 2.50 bits per heavy atom. The minimum atomic E-state index is -0.341. The number of nitrogens with one attached hydrogen (secondary N) is 1. The number of halogens is 1. The first kappa shape index (κ1) is 20.3. The standard InChI is InChI=1S/C25H23FN4O2/c1-30-13-11-19(12-14-30)27-24(31)20-15-21(16-5-3-2-4-6-16)28-25-22(20)23(29-32-25)17-7-9-18(26)10-8-17/h2-10,15,19H,11-14H2,1H3,(H,27,31). The largest absolute Gasteiger partial charge is 0.349 e. The molecule has 0 unspecified atom stereocenters. The minimum absolute atomic E-state index is 0.108. The van der Waals surface area contributed by atoms with Crippen LogP contribution >= 0.6 is 0 Å². The van der Waals surface area contributed by atoms with Gasteiger partial charge in [-0.25, -0.2) is 9.37 Å². The zero-order valence-electron chi connectivity index (χ0n) is 17.7. The van der Waals surface area contributed by atoms with Crippen molar-refractivity contribution in [1.29, 1.82) is 0 Å². The van der Waals surface area contributed by atoms with Gasteiger partial charge in [0, 0.05) is 17.2 Å². The zero-order chi connectivity index (χ0) is 22.1. The van der Waals surface area contributed by atoms with Gasteiger partial charge in [-0.2, -0.15) is 0 Å². The highest BCUT2D eigenvalue weighted by atomic mass is 19.1. The Kier molecular flexibility index (Phi) is 5.41. The lowest BCUT2D eigenvalue weighted by Crippen LogP contribution is -2.43. The van der Waals surface area contributed by atoms with Crippen LogP contribution in [0.25, 0.3) is 33.6 Å². The Bertz CT molecular complexity index is 1250. The summed E-state index contributed by atoms with van der Waals surface area (Å²) in [5.74, 6) is -0.526. The molecule has 4 aromatic rings. The predicted molar refractivity (Wildman–Crippen MR) is 121 cm³/mol. The van der Waals surface area contributed by atoms with Gasteiger partial charge < -0.3 is 14.7 Å². The monoisotopic (exact) mass is 430 g/mol. The van der Waals surface area contributed by atoms with Crippen LogP contribution in [0.5, 0.6) is 0 Å². The van der Waals surface area contributed by atoms with Crippen molar-refractivity contribution in [2.45, 2.75) is 18.9 Å². The van der Waals surface area contributed by atoms with Gasteiger partial charge in [0.2, 0.25) is 0 Å². The molecule has 1 aliphatic rings. The van der Waals surface area contributed by atoms with Gasteiger partial charge in [0.1, 0.15) is 11.5 Å². The van der Waals surface area contributed by atoms with E-state index >= 15 is 0 Å². The van der Waals surface area contributed by atoms with E-state index in [0.717, 1.165) is 31.5 Å². The molecule has 0 radical (unpaired) electrons. The van der Waals surface area contributed by atoms with Crippen LogP contribution in [0, 0.1) is 5.82 Å². The fourth-order valence-electron chi connectivity index (χ4n) is 4.11. The third-order valence-corrected chi connectivity index (χ3v) is 5.93. The molecule has 1 N–H and O–H groups in total. The summed E-state index contributed by atoms with van der Waals surface area (Å²) in [7, 11) is 2.09. The molecular weight excluding hydrogens is 407 g/mol. The predicted octanol–water partition coefficient (Wildman–Crippen LogP) is 4.52. The lowest BCUT2D eigenvalue weighted by molar-refractivity contribution is 0.0918. The first-order valence-corrected chi connectivity index (χ1v) is 10.7. The maximum absolute atomic E-state index is 13.5. The summed E-state index contributed by atoms with van der Waals surface area (Å²) in [5.41, 5.74) is 3.37. The number of likely N-dealkylation sites (tertiary alicyclic amines) is 1. The number of piperidine rings is 1. The second-order valence-electron chi connectivity index (χ2n) is 8.19. The smallest absolute Gasteiger partial charge is 0.259 e. The fraction of sp³-hybridized carbons (Fsp3) is 0.240. The molecule has 7 heteroatoms. The summed E-state index contributed by atoms with van der Waals surface area (Å²) in [6.45, 7) is 1.89. The van der Waals surface area contributed by atoms with Crippen molar-refractivity contribution in [3.63, 3.8) is 0 Å². The zero-order valence-corrected chi connectivity index (χ0v) is 17.7. The molecule has 2 aromatic heterocycles. The van der Waals surface area contributed by atoms with Crippen LogP contribution in [-0.4, -0.2) is 47.1 Å². The average molecular weight is 430 g/mol. The van der Waals surface area contributed by atoms with E-state index in [1.165, 1.54) is 12.1 Å². The SMILES string of the molecule is CN1CCC(NC(=O)c2cc(-c3ccccc3)nc3onc(-c4ccc(F)cc4)c23)CC1. The molecule has 0 atom stereocenters. The molecule has 2 aromatic carbocycles. The third-order valence-electron chi connectivity index (χ3n) is 5.93. The second-order valence-corrected chi connectivity index (χ2v) is 8.19. The highest BCUT2D eigenvalue weighted by Crippen LogP contribution is 2.33. The van der Waals surface area contributed by atoms with E-state index in [0.29, 0.717) is 27.9 Å². The van der Waals surface area contributed by atoms with E-state index in [1.807, 2.05) is 30.3 Å². The van der Waals surface area contributed by atoms with Crippen LogP contribution in [0.15, 0.2) is 65.2 Å². The van der Waals surface area contributed by atoms with Gasteiger partial charge in [0.15, 0.2) is 0 Å². The molecule has 1 amide bonds. The fourth-order valence-corrected chi connectivity index (χ4v) is 4.11. The van der Waals surface area contributed by atoms with Crippen molar-refractivity contribution in [2.75, 3.05) is 20.1 Å². The Balaban J connectivity index is 1.60. The molecule has 0 bridgehead atoms. The molecule has 0 spiro atoms. The number of fused-ring (bicyclic) bond motifs is 1. The number of aromatic nitrogens is 2. The molecule has 162 valence electrons.